The molecule has 4 heteroatoms. The zero-order valence-corrected chi connectivity index (χ0v) is 10.3. The van der Waals surface area contributed by atoms with E-state index >= 15 is 0 Å². The summed E-state index contributed by atoms with van der Waals surface area (Å²) in [4.78, 5) is 13.8. The number of ether oxygens (including phenoxy) is 1. The molecule has 1 saturated heterocycles. The lowest BCUT2D eigenvalue weighted by atomic mass is 9.98. The van der Waals surface area contributed by atoms with Gasteiger partial charge in [-0.25, -0.2) is 0 Å². The van der Waals surface area contributed by atoms with Crippen LogP contribution in [0.15, 0.2) is 0 Å². The molecule has 1 amide bonds. The lowest BCUT2D eigenvalue weighted by molar-refractivity contribution is -0.136. The molecule has 1 aliphatic rings. The van der Waals surface area contributed by atoms with Crippen LogP contribution in [0.2, 0.25) is 0 Å². The van der Waals surface area contributed by atoms with Gasteiger partial charge in [-0.05, 0) is 18.8 Å². The van der Waals surface area contributed by atoms with Crippen molar-refractivity contribution < 1.29 is 9.53 Å². The molecule has 0 aromatic heterocycles. The smallest absolute Gasteiger partial charge is 0.226 e. The summed E-state index contributed by atoms with van der Waals surface area (Å²) in [5.41, 5.74) is 0. The Morgan fingerprint density at radius 1 is 1.67 bits per heavy atom. The average Bonchev–Trinajstić information content (AvgIpc) is 2.28. The molecule has 0 radical (unpaired) electrons. The Morgan fingerprint density at radius 2 is 2.40 bits per heavy atom. The first kappa shape index (κ1) is 12.8. The van der Waals surface area contributed by atoms with Gasteiger partial charge in [0.05, 0.1) is 6.61 Å². The first-order valence-corrected chi connectivity index (χ1v) is 6.06. The topological polar surface area (TPSA) is 29.5 Å². The Morgan fingerprint density at radius 3 is 3.00 bits per heavy atom. The summed E-state index contributed by atoms with van der Waals surface area (Å²) in [7, 11) is 1.71. The third kappa shape index (κ3) is 3.65. The fourth-order valence-corrected chi connectivity index (χ4v) is 2.15. The first-order valence-electron chi connectivity index (χ1n) is 5.52. The van der Waals surface area contributed by atoms with E-state index in [2.05, 4.69) is 0 Å². The van der Waals surface area contributed by atoms with E-state index in [1.54, 1.807) is 7.11 Å². The molecule has 0 aromatic carbocycles. The molecule has 0 aromatic rings. The van der Waals surface area contributed by atoms with E-state index in [0.717, 1.165) is 32.5 Å². The third-order valence-corrected chi connectivity index (χ3v) is 3.35. The maximum absolute atomic E-state index is 11.9. The quantitative estimate of drug-likeness (QED) is 0.693. The summed E-state index contributed by atoms with van der Waals surface area (Å²) in [6.45, 7) is 4.34. The third-order valence-electron chi connectivity index (χ3n) is 2.89. The molecule has 3 nitrogen and oxygen atoms in total. The Labute approximate surface area is 96.7 Å². The SMILES string of the molecule is COCC1CCCN(C(=O)C(C)CCl)C1. The lowest BCUT2D eigenvalue weighted by Crippen LogP contribution is -2.43. The highest BCUT2D eigenvalue weighted by molar-refractivity contribution is 6.19. The molecule has 2 unspecified atom stereocenters. The number of methoxy groups -OCH3 is 1. The molecule has 0 spiro atoms. The monoisotopic (exact) mass is 233 g/mol. The number of rotatable bonds is 4. The van der Waals surface area contributed by atoms with Crippen LogP contribution in [0.1, 0.15) is 19.8 Å². The number of hydrogen-bond acceptors (Lipinski definition) is 2. The molecule has 15 heavy (non-hydrogen) atoms. The van der Waals surface area contributed by atoms with Crippen LogP contribution in [0.4, 0.5) is 0 Å². The maximum Gasteiger partial charge on any atom is 0.226 e. The molecule has 88 valence electrons. The standard InChI is InChI=1S/C11H20ClNO2/c1-9(6-12)11(14)13-5-3-4-10(7-13)8-15-2/h9-10H,3-8H2,1-2H3. The number of nitrogens with zero attached hydrogens (tertiary/aromatic N) is 1. The van der Waals surface area contributed by atoms with Crippen molar-refractivity contribution in [3.05, 3.63) is 0 Å². The molecule has 1 aliphatic heterocycles. The fraction of sp³-hybridized carbons (Fsp3) is 0.909. The second kappa shape index (κ2) is 6.33. The molecule has 0 saturated carbocycles. The van der Waals surface area contributed by atoms with Gasteiger partial charge in [0.2, 0.25) is 5.91 Å². The summed E-state index contributed by atoms with van der Waals surface area (Å²) in [6.07, 6.45) is 2.24. The van der Waals surface area contributed by atoms with Crippen molar-refractivity contribution >= 4 is 17.5 Å². The van der Waals surface area contributed by atoms with E-state index < -0.39 is 0 Å². The van der Waals surface area contributed by atoms with Crippen LogP contribution >= 0.6 is 11.6 Å². The normalized spacial score (nSPS) is 23.9. The van der Waals surface area contributed by atoms with Gasteiger partial charge in [-0.3, -0.25) is 4.79 Å². The van der Waals surface area contributed by atoms with Gasteiger partial charge in [0.15, 0.2) is 0 Å². The van der Waals surface area contributed by atoms with Crippen LogP contribution in [-0.4, -0.2) is 43.5 Å². The number of amides is 1. The second-order valence-corrected chi connectivity index (χ2v) is 4.61. The van der Waals surface area contributed by atoms with Gasteiger partial charge >= 0.3 is 0 Å². The number of likely N-dealkylation sites (tertiary alicyclic amines) is 1. The van der Waals surface area contributed by atoms with E-state index in [0.29, 0.717) is 11.8 Å². The lowest BCUT2D eigenvalue weighted by Gasteiger charge is -2.33. The van der Waals surface area contributed by atoms with Gasteiger partial charge in [0.1, 0.15) is 0 Å². The number of carbonyl (C=O) groups is 1. The molecule has 0 bridgehead atoms. The Kier molecular flexibility index (Phi) is 5.40. The van der Waals surface area contributed by atoms with Gasteiger partial charge < -0.3 is 9.64 Å². The Balaban J connectivity index is 2.44. The Bertz CT molecular complexity index is 209. The van der Waals surface area contributed by atoms with E-state index in [9.17, 15) is 4.79 Å². The number of alkyl halides is 1. The minimum Gasteiger partial charge on any atom is -0.384 e. The van der Waals surface area contributed by atoms with Crippen molar-refractivity contribution in [3.8, 4) is 0 Å². The zero-order chi connectivity index (χ0) is 11.3. The minimum absolute atomic E-state index is 0.0621. The van der Waals surface area contributed by atoms with E-state index in [4.69, 9.17) is 16.3 Å². The Hall–Kier alpha value is -0.280. The van der Waals surface area contributed by atoms with E-state index in [1.165, 1.54) is 0 Å². The first-order chi connectivity index (χ1) is 7.19. The predicted molar refractivity (Wildman–Crippen MR) is 61.1 cm³/mol. The van der Waals surface area contributed by atoms with E-state index in [-0.39, 0.29) is 11.8 Å². The molecule has 2 atom stereocenters. The van der Waals surface area contributed by atoms with Gasteiger partial charge in [-0.15, -0.1) is 11.6 Å². The van der Waals surface area contributed by atoms with Crippen LogP contribution in [0.25, 0.3) is 0 Å². The van der Waals surface area contributed by atoms with Crippen molar-refractivity contribution in [3.63, 3.8) is 0 Å². The summed E-state index contributed by atoms with van der Waals surface area (Å²) in [5, 5.41) is 0. The highest BCUT2D eigenvalue weighted by Gasteiger charge is 2.26. The summed E-state index contributed by atoms with van der Waals surface area (Å²) < 4.78 is 5.13. The molecule has 0 N–H and O–H groups in total. The number of hydrogen-bond donors (Lipinski definition) is 0. The summed E-state index contributed by atoms with van der Waals surface area (Å²) in [6, 6.07) is 0. The van der Waals surface area contributed by atoms with Crippen molar-refractivity contribution in [2.75, 3.05) is 32.7 Å². The number of carbonyl (C=O) groups excluding carboxylic acids is 1. The van der Waals surface area contributed by atoms with Gasteiger partial charge in [-0.1, -0.05) is 6.92 Å². The predicted octanol–water partition coefficient (Wildman–Crippen LogP) is 1.75. The summed E-state index contributed by atoms with van der Waals surface area (Å²) >= 11 is 5.69. The average molecular weight is 234 g/mol. The molecular weight excluding hydrogens is 214 g/mol. The van der Waals surface area contributed by atoms with Crippen LogP contribution < -0.4 is 0 Å². The van der Waals surface area contributed by atoms with Crippen LogP contribution in [0.5, 0.6) is 0 Å². The van der Waals surface area contributed by atoms with Gasteiger partial charge in [0, 0.05) is 32.0 Å². The van der Waals surface area contributed by atoms with Crippen molar-refractivity contribution in [1.82, 2.24) is 4.90 Å². The number of halogens is 1. The highest BCUT2D eigenvalue weighted by Crippen LogP contribution is 2.18. The zero-order valence-electron chi connectivity index (χ0n) is 9.54. The van der Waals surface area contributed by atoms with Gasteiger partial charge in [0.25, 0.3) is 0 Å². The summed E-state index contributed by atoms with van der Waals surface area (Å²) in [5.74, 6) is 1.03. The van der Waals surface area contributed by atoms with Crippen LogP contribution in [0.3, 0.4) is 0 Å². The molecule has 1 heterocycles. The highest BCUT2D eigenvalue weighted by atomic mass is 35.5. The van der Waals surface area contributed by atoms with E-state index in [1.807, 2.05) is 11.8 Å². The molecule has 1 fully saturated rings. The minimum atomic E-state index is -0.0621. The maximum atomic E-state index is 11.9. The fourth-order valence-electron chi connectivity index (χ4n) is 2.01. The number of piperidine rings is 1. The van der Waals surface area contributed by atoms with Gasteiger partial charge in [-0.2, -0.15) is 0 Å². The molecular formula is C11H20ClNO2. The van der Waals surface area contributed by atoms with Crippen molar-refractivity contribution in [2.24, 2.45) is 11.8 Å². The largest absolute Gasteiger partial charge is 0.384 e. The molecule has 1 rings (SSSR count). The van der Waals surface area contributed by atoms with Crippen molar-refractivity contribution in [1.29, 1.82) is 0 Å². The second-order valence-electron chi connectivity index (χ2n) is 4.30. The van der Waals surface area contributed by atoms with Crippen molar-refractivity contribution in [2.45, 2.75) is 19.8 Å². The van der Waals surface area contributed by atoms with Crippen LogP contribution in [0, 0.1) is 11.8 Å². The van der Waals surface area contributed by atoms with Crippen LogP contribution in [-0.2, 0) is 9.53 Å². The molecule has 0 aliphatic carbocycles.